The highest BCUT2D eigenvalue weighted by atomic mass is 32.1. The van der Waals surface area contributed by atoms with Crippen LogP contribution in [0.2, 0.25) is 0 Å². The summed E-state index contributed by atoms with van der Waals surface area (Å²) < 4.78 is 1.22. The summed E-state index contributed by atoms with van der Waals surface area (Å²) in [5.41, 5.74) is 8.15. The third-order valence-electron chi connectivity index (χ3n) is 3.04. The number of aromatic nitrogens is 1. The third kappa shape index (κ3) is 3.43. The minimum Gasteiger partial charge on any atom is -0.375 e. The van der Waals surface area contributed by atoms with Crippen LogP contribution in [0, 0.1) is 0 Å². The van der Waals surface area contributed by atoms with Gasteiger partial charge in [0.15, 0.2) is 5.13 Å². The summed E-state index contributed by atoms with van der Waals surface area (Å²) in [7, 11) is 0. The van der Waals surface area contributed by atoms with Crippen molar-refractivity contribution in [2.24, 2.45) is 0 Å². The third-order valence-corrected chi connectivity index (χ3v) is 3.89. The summed E-state index contributed by atoms with van der Waals surface area (Å²) in [5, 5.41) is 0.667. The van der Waals surface area contributed by atoms with Crippen LogP contribution in [0.25, 0.3) is 10.2 Å². The van der Waals surface area contributed by atoms with Gasteiger partial charge in [0.25, 0.3) is 0 Å². The van der Waals surface area contributed by atoms with Crippen molar-refractivity contribution in [3.63, 3.8) is 0 Å². The van der Waals surface area contributed by atoms with Crippen LogP contribution in [-0.4, -0.2) is 4.98 Å². The number of hydrogen-bond acceptors (Lipinski definition) is 3. The lowest BCUT2D eigenvalue weighted by Crippen LogP contribution is -1.85. The van der Waals surface area contributed by atoms with Gasteiger partial charge in [0.05, 0.1) is 10.2 Å². The highest BCUT2D eigenvalue weighted by molar-refractivity contribution is 7.22. The van der Waals surface area contributed by atoms with Crippen LogP contribution in [0.5, 0.6) is 0 Å². The number of nitrogen functional groups attached to an aromatic ring is 1. The summed E-state index contributed by atoms with van der Waals surface area (Å²) in [5.74, 6) is 0. The van der Waals surface area contributed by atoms with E-state index in [0.29, 0.717) is 5.13 Å². The second-order valence-corrected chi connectivity index (χ2v) is 5.58. The first-order valence-electron chi connectivity index (χ1n) is 6.44. The molecule has 0 saturated heterocycles. The SMILES string of the molecule is CCCCCCCc1ccc2nc(N)sc2c1. The van der Waals surface area contributed by atoms with Crippen molar-refractivity contribution in [3.8, 4) is 0 Å². The molecule has 0 aliphatic heterocycles. The van der Waals surface area contributed by atoms with Crippen molar-refractivity contribution >= 4 is 26.7 Å². The van der Waals surface area contributed by atoms with Crippen molar-refractivity contribution in [3.05, 3.63) is 23.8 Å². The molecule has 0 aliphatic carbocycles. The molecule has 0 amide bonds. The lowest BCUT2D eigenvalue weighted by Gasteiger charge is -2.01. The molecule has 1 aromatic heterocycles. The largest absolute Gasteiger partial charge is 0.375 e. The first-order valence-corrected chi connectivity index (χ1v) is 7.26. The molecule has 0 radical (unpaired) electrons. The number of fused-ring (bicyclic) bond motifs is 1. The van der Waals surface area contributed by atoms with Gasteiger partial charge in [-0.15, -0.1) is 0 Å². The van der Waals surface area contributed by atoms with Gasteiger partial charge in [-0.25, -0.2) is 4.98 Å². The number of hydrogen-bond donors (Lipinski definition) is 1. The number of nitrogens with zero attached hydrogens (tertiary/aromatic N) is 1. The van der Waals surface area contributed by atoms with Crippen molar-refractivity contribution in [1.82, 2.24) is 4.98 Å². The van der Waals surface area contributed by atoms with Crippen molar-refractivity contribution in [2.45, 2.75) is 45.4 Å². The zero-order chi connectivity index (χ0) is 12.1. The Morgan fingerprint density at radius 1 is 1.18 bits per heavy atom. The Bertz CT molecular complexity index is 476. The van der Waals surface area contributed by atoms with E-state index < -0.39 is 0 Å². The van der Waals surface area contributed by atoms with E-state index in [2.05, 4.69) is 30.1 Å². The summed E-state index contributed by atoms with van der Waals surface area (Å²) in [6, 6.07) is 6.51. The van der Waals surface area contributed by atoms with Crippen molar-refractivity contribution < 1.29 is 0 Å². The minimum absolute atomic E-state index is 0.667. The van der Waals surface area contributed by atoms with Crippen LogP contribution < -0.4 is 5.73 Å². The van der Waals surface area contributed by atoms with Crippen LogP contribution in [-0.2, 0) is 6.42 Å². The predicted octanol–water partition coefficient (Wildman–Crippen LogP) is 4.39. The zero-order valence-electron chi connectivity index (χ0n) is 10.4. The fraction of sp³-hybridized carbons (Fsp3) is 0.500. The molecule has 2 nitrogen and oxygen atoms in total. The molecule has 0 unspecified atom stereocenters. The summed E-state index contributed by atoms with van der Waals surface area (Å²) in [6.45, 7) is 2.25. The standard InChI is InChI=1S/C14H20N2S/c1-2-3-4-5-6-7-11-8-9-12-13(10-11)17-14(15)16-12/h8-10H,2-7H2,1H3,(H2,15,16). The molecule has 0 atom stereocenters. The second kappa shape index (κ2) is 6.01. The average Bonchev–Trinajstić information content (AvgIpc) is 2.68. The Labute approximate surface area is 107 Å². The predicted molar refractivity (Wildman–Crippen MR) is 76.5 cm³/mol. The van der Waals surface area contributed by atoms with Gasteiger partial charge < -0.3 is 5.73 Å². The smallest absolute Gasteiger partial charge is 0.181 e. The van der Waals surface area contributed by atoms with Crippen LogP contribution in [0.4, 0.5) is 5.13 Å². The van der Waals surface area contributed by atoms with Crippen molar-refractivity contribution in [2.75, 3.05) is 5.73 Å². The first kappa shape index (κ1) is 12.4. The van der Waals surface area contributed by atoms with Gasteiger partial charge in [0, 0.05) is 0 Å². The van der Waals surface area contributed by atoms with Gasteiger partial charge >= 0.3 is 0 Å². The monoisotopic (exact) mass is 248 g/mol. The van der Waals surface area contributed by atoms with Crippen LogP contribution in [0.3, 0.4) is 0 Å². The Balaban J connectivity index is 1.90. The lowest BCUT2D eigenvalue weighted by molar-refractivity contribution is 0.632. The molecule has 92 valence electrons. The average molecular weight is 248 g/mol. The molecule has 2 N–H and O–H groups in total. The van der Waals surface area contributed by atoms with Crippen LogP contribution in [0.1, 0.15) is 44.6 Å². The van der Waals surface area contributed by atoms with Gasteiger partial charge in [-0.1, -0.05) is 50.0 Å². The molecule has 0 saturated carbocycles. The summed E-state index contributed by atoms with van der Waals surface area (Å²) in [4.78, 5) is 4.27. The lowest BCUT2D eigenvalue weighted by atomic mass is 10.1. The normalized spacial score (nSPS) is 11.1. The zero-order valence-corrected chi connectivity index (χ0v) is 11.2. The molecule has 0 bridgehead atoms. The molecule has 0 aliphatic rings. The molecule has 3 heteroatoms. The maximum Gasteiger partial charge on any atom is 0.181 e. The summed E-state index contributed by atoms with van der Waals surface area (Å²) >= 11 is 1.58. The molecule has 0 spiro atoms. The number of nitrogens with two attached hydrogens (primary N) is 1. The van der Waals surface area contributed by atoms with E-state index in [0.717, 1.165) is 5.52 Å². The van der Waals surface area contributed by atoms with Crippen LogP contribution >= 0.6 is 11.3 Å². The number of thiazole rings is 1. The topological polar surface area (TPSA) is 38.9 Å². The molecular weight excluding hydrogens is 228 g/mol. The van der Waals surface area contributed by atoms with E-state index in [4.69, 9.17) is 5.73 Å². The van der Waals surface area contributed by atoms with Gasteiger partial charge in [0.2, 0.25) is 0 Å². The van der Waals surface area contributed by atoms with E-state index >= 15 is 0 Å². The fourth-order valence-corrected chi connectivity index (χ4v) is 2.87. The molecule has 1 aromatic carbocycles. The Morgan fingerprint density at radius 3 is 2.82 bits per heavy atom. The van der Waals surface area contributed by atoms with E-state index in [-0.39, 0.29) is 0 Å². The molecule has 2 rings (SSSR count). The Morgan fingerprint density at radius 2 is 2.00 bits per heavy atom. The Kier molecular flexibility index (Phi) is 4.37. The quantitative estimate of drug-likeness (QED) is 0.770. The molecule has 2 aromatic rings. The maximum absolute atomic E-state index is 5.70. The number of anilines is 1. The van der Waals surface area contributed by atoms with Crippen LogP contribution in [0.15, 0.2) is 18.2 Å². The van der Waals surface area contributed by atoms with Gasteiger partial charge in [-0.3, -0.25) is 0 Å². The molecule has 0 fully saturated rings. The van der Waals surface area contributed by atoms with Crippen molar-refractivity contribution in [1.29, 1.82) is 0 Å². The fourth-order valence-electron chi connectivity index (χ4n) is 2.08. The maximum atomic E-state index is 5.70. The van der Waals surface area contributed by atoms with E-state index in [1.165, 1.54) is 48.8 Å². The molecule has 17 heavy (non-hydrogen) atoms. The molecule has 1 heterocycles. The van der Waals surface area contributed by atoms with Gasteiger partial charge in [0.1, 0.15) is 0 Å². The highest BCUT2D eigenvalue weighted by Gasteiger charge is 2.02. The highest BCUT2D eigenvalue weighted by Crippen LogP contribution is 2.25. The second-order valence-electron chi connectivity index (χ2n) is 4.52. The number of benzene rings is 1. The number of rotatable bonds is 6. The number of aryl methyl sites for hydroxylation is 1. The minimum atomic E-state index is 0.667. The first-order chi connectivity index (χ1) is 8.29. The van der Waals surface area contributed by atoms with Gasteiger partial charge in [-0.2, -0.15) is 0 Å². The molecular formula is C14H20N2S. The van der Waals surface area contributed by atoms with E-state index in [1.807, 2.05) is 0 Å². The van der Waals surface area contributed by atoms with E-state index in [1.54, 1.807) is 11.3 Å². The van der Waals surface area contributed by atoms with Gasteiger partial charge in [-0.05, 0) is 30.5 Å². The van der Waals surface area contributed by atoms with E-state index in [9.17, 15) is 0 Å². The Hall–Kier alpha value is -1.09. The number of unbranched alkanes of at least 4 members (excludes halogenated alkanes) is 4. The summed E-state index contributed by atoms with van der Waals surface area (Å²) in [6.07, 6.45) is 7.86.